The summed E-state index contributed by atoms with van der Waals surface area (Å²) in [6.45, 7) is 3.92. The summed E-state index contributed by atoms with van der Waals surface area (Å²) in [5.41, 5.74) is 1.02. The maximum Gasteiger partial charge on any atom is 0.260 e. The summed E-state index contributed by atoms with van der Waals surface area (Å²) in [6, 6.07) is 15.2. The number of carbonyl (C=O) groups is 1. The van der Waals surface area contributed by atoms with Crippen LogP contribution < -0.4 is 9.64 Å². The third kappa shape index (κ3) is 4.87. The second kappa shape index (κ2) is 10.4. The molecule has 0 spiro atoms. The molecule has 1 aliphatic rings. The van der Waals surface area contributed by atoms with Crippen molar-refractivity contribution in [3.63, 3.8) is 0 Å². The van der Waals surface area contributed by atoms with Gasteiger partial charge in [-0.1, -0.05) is 17.4 Å². The van der Waals surface area contributed by atoms with E-state index in [0.717, 1.165) is 4.70 Å². The Labute approximate surface area is 212 Å². The summed E-state index contributed by atoms with van der Waals surface area (Å²) >= 11 is 1.37. The summed E-state index contributed by atoms with van der Waals surface area (Å²) in [4.78, 5) is 20.1. The highest BCUT2D eigenvalue weighted by atomic mass is 32.2. The number of hydrogen-bond donors (Lipinski definition) is 0. The number of rotatable bonds is 8. The van der Waals surface area contributed by atoms with E-state index in [1.165, 1.54) is 44.8 Å². The van der Waals surface area contributed by atoms with Crippen LogP contribution in [-0.2, 0) is 21.3 Å². The van der Waals surface area contributed by atoms with E-state index in [2.05, 4.69) is 0 Å². The van der Waals surface area contributed by atoms with Gasteiger partial charge in [-0.25, -0.2) is 13.4 Å². The van der Waals surface area contributed by atoms with E-state index in [1.54, 1.807) is 18.4 Å². The molecule has 9 nitrogen and oxygen atoms in total. The number of sulfonamides is 1. The highest BCUT2D eigenvalue weighted by molar-refractivity contribution is 7.89. The molecule has 0 atom stereocenters. The van der Waals surface area contributed by atoms with Gasteiger partial charge in [0, 0.05) is 18.7 Å². The van der Waals surface area contributed by atoms with Crippen LogP contribution >= 0.6 is 11.3 Å². The summed E-state index contributed by atoms with van der Waals surface area (Å²) in [6.07, 6.45) is 1.55. The van der Waals surface area contributed by atoms with Crippen molar-refractivity contribution in [3.05, 3.63) is 72.2 Å². The molecular weight excluding hydrogens is 502 g/mol. The maximum absolute atomic E-state index is 13.7. The Morgan fingerprint density at radius 2 is 1.89 bits per heavy atom. The van der Waals surface area contributed by atoms with Crippen LogP contribution in [0.5, 0.6) is 5.75 Å². The van der Waals surface area contributed by atoms with Gasteiger partial charge in [-0.2, -0.15) is 4.31 Å². The number of morpholine rings is 1. The normalized spacial score (nSPS) is 14.7. The van der Waals surface area contributed by atoms with Gasteiger partial charge in [0.15, 0.2) is 5.13 Å². The zero-order valence-corrected chi connectivity index (χ0v) is 21.3. The minimum absolute atomic E-state index is 0.139. The van der Waals surface area contributed by atoms with Crippen molar-refractivity contribution in [3.8, 4) is 5.75 Å². The lowest BCUT2D eigenvalue weighted by Gasteiger charge is -2.26. The Kier molecular flexibility index (Phi) is 7.06. The first-order valence-corrected chi connectivity index (χ1v) is 13.8. The number of furan rings is 1. The molecule has 1 amide bonds. The Bertz CT molecular complexity index is 1440. The quantitative estimate of drug-likeness (QED) is 0.339. The van der Waals surface area contributed by atoms with Crippen LogP contribution in [0.25, 0.3) is 10.2 Å². The molecule has 0 N–H and O–H groups in total. The fourth-order valence-electron chi connectivity index (χ4n) is 3.95. The van der Waals surface area contributed by atoms with Crippen molar-refractivity contribution in [2.75, 3.05) is 37.8 Å². The Balaban J connectivity index is 1.47. The molecule has 36 heavy (non-hydrogen) atoms. The van der Waals surface area contributed by atoms with Crippen molar-refractivity contribution < 1.29 is 27.1 Å². The molecule has 1 saturated heterocycles. The Morgan fingerprint density at radius 3 is 2.58 bits per heavy atom. The lowest BCUT2D eigenvalue weighted by molar-refractivity contribution is 0.0730. The van der Waals surface area contributed by atoms with Gasteiger partial charge >= 0.3 is 0 Å². The van der Waals surface area contributed by atoms with Gasteiger partial charge in [-0.15, -0.1) is 0 Å². The van der Waals surface area contributed by atoms with E-state index in [0.29, 0.717) is 60.6 Å². The first-order valence-electron chi connectivity index (χ1n) is 11.5. The van der Waals surface area contributed by atoms with Crippen molar-refractivity contribution >= 4 is 42.6 Å². The minimum Gasteiger partial charge on any atom is -0.492 e. The number of para-hydroxylation sites is 1. The lowest BCUT2D eigenvalue weighted by atomic mass is 10.2. The average Bonchev–Trinajstić information content (AvgIpc) is 3.58. The molecule has 188 valence electrons. The van der Waals surface area contributed by atoms with Crippen LogP contribution in [0.3, 0.4) is 0 Å². The van der Waals surface area contributed by atoms with Crippen molar-refractivity contribution in [2.45, 2.75) is 18.4 Å². The zero-order valence-electron chi connectivity index (χ0n) is 19.6. The Morgan fingerprint density at radius 1 is 1.11 bits per heavy atom. The largest absolute Gasteiger partial charge is 0.492 e. The average molecular weight is 528 g/mol. The SMILES string of the molecule is CCOc1cccc2sc(N(Cc3ccco3)C(=O)c3ccc(S(=O)(=O)N4CCOCC4)cc3)nc12. The van der Waals surface area contributed by atoms with Crippen LogP contribution in [-0.4, -0.2) is 56.5 Å². The molecule has 0 unspecified atom stereocenters. The number of aromatic nitrogens is 1. The van der Waals surface area contributed by atoms with E-state index >= 15 is 0 Å². The number of benzene rings is 2. The molecule has 2 aromatic heterocycles. The van der Waals surface area contributed by atoms with Gasteiger partial charge in [-0.05, 0) is 55.5 Å². The zero-order chi connectivity index (χ0) is 25.1. The second-order valence-corrected chi connectivity index (χ2v) is 11.0. The molecule has 1 aliphatic heterocycles. The van der Waals surface area contributed by atoms with Crippen LogP contribution in [0.4, 0.5) is 5.13 Å². The van der Waals surface area contributed by atoms with E-state index in [9.17, 15) is 13.2 Å². The van der Waals surface area contributed by atoms with Crippen LogP contribution in [0.1, 0.15) is 23.0 Å². The molecule has 0 radical (unpaired) electrons. The van der Waals surface area contributed by atoms with Crippen molar-refractivity contribution in [2.24, 2.45) is 0 Å². The molecule has 5 rings (SSSR count). The van der Waals surface area contributed by atoms with Gasteiger partial charge in [0.05, 0.1) is 42.2 Å². The molecule has 4 aromatic rings. The monoisotopic (exact) mass is 527 g/mol. The van der Waals surface area contributed by atoms with E-state index in [4.69, 9.17) is 18.9 Å². The van der Waals surface area contributed by atoms with Gasteiger partial charge in [0.1, 0.15) is 17.0 Å². The van der Waals surface area contributed by atoms with E-state index < -0.39 is 10.0 Å². The van der Waals surface area contributed by atoms with Gasteiger partial charge in [0.25, 0.3) is 5.91 Å². The second-order valence-electron chi connectivity index (χ2n) is 8.04. The third-order valence-electron chi connectivity index (χ3n) is 5.75. The summed E-state index contributed by atoms with van der Waals surface area (Å²) in [5.74, 6) is 0.929. The molecule has 11 heteroatoms. The number of fused-ring (bicyclic) bond motifs is 1. The number of amides is 1. The number of ether oxygens (including phenoxy) is 2. The molecule has 0 aliphatic carbocycles. The highest BCUT2D eigenvalue weighted by Gasteiger charge is 2.28. The fourth-order valence-corrected chi connectivity index (χ4v) is 6.33. The molecule has 3 heterocycles. The topological polar surface area (TPSA) is 102 Å². The Hall–Kier alpha value is -3.25. The predicted octanol–water partition coefficient (Wildman–Crippen LogP) is 4.16. The van der Waals surface area contributed by atoms with Gasteiger partial charge < -0.3 is 13.9 Å². The molecule has 2 aromatic carbocycles. The molecule has 0 bridgehead atoms. The highest BCUT2D eigenvalue weighted by Crippen LogP contribution is 2.35. The predicted molar refractivity (Wildman–Crippen MR) is 136 cm³/mol. The van der Waals surface area contributed by atoms with Gasteiger partial charge in [-0.3, -0.25) is 9.69 Å². The molecule has 0 saturated carbocycles. The maximum atomic E-state index is 13.7. The van der Waals surface area contributed by atoms with Gasteiger partial charge in [0.2, 0.25) is 10.0 Å². The third-order valence-corrected chi connectivity index (χ3v) is 8.71. The van der Waals surface area contributed by atoms with E-state index in [-0.39, 0.29) is 17.3 Å². The smallest absolute Gasteiger partial charge is 0.260 e. The lowest BCUT2D eigenvalue weighted by Crippen LogP contribution is -2.40. The first-order chi connectivity index (χ1) is 17.5. The summed E-state index contributed by atoms with van der Waals surface area (Å²) < 4.78 is 44.7. The molecule has 1 fully saturated rings. The number of hydrogen-bond acceptors (Lipinski definition) is 8. The van der Waals surface area contributed by atoms with Crippen molar-refractivity contribution in [1.82, 2.24) is 9.29 Å². The number of carbonyl (C=O) groups excluding carboxylic acids is 1. The van der Waals surface area contributed by atoms with Crippen LogP contribution in [0.15, 0.2) is 70.2 Å². The van der Waals surface area contributed by atoms with Crippen molar-refractivity contribution in [1.29, 1.82) is 0 Å². The minimum atomic E-state index is -3.66. The van der Waals surface area contributed by atoms with Crippen LogP contribution in [0, 0.1) is 0 Å². The number of nitrogens with zero attached hydrogens (tertiary/aromatic N) is 3. The summed E-state index contributed by atoms with van der Waals surface area (Å²) in [5, 5.41) is 0.489. The molecular formula is C25H25N3O6S2. The number of anilines is 1. The summed E-state index contributed by atoms with van der Waals surface area (Å²) in [7, 11) is -3.66. The van der Waals surface area contributed by atoms with E-state index in [1.807, 2.05) is 25.1 Å². The number of thiazole rings is 1. The van der Waals surface area contributed by atoms with Crippen LogP contribution in [0.2, 0.25) is 0 Å². The fraction of sp³-hybridized carbons (Fsp3) is 0.280. The standard InChI is InChI=1S/C25H25N3O6S2/c1-2-33-21-6-3-7-22-23(21)26-25(35-22)28(17-19-5-4-14-34-19)24(29)18-8-10-20(11-9-18)36(30,31)27-12-15-32-16-13-27/h3-11,14H,2,12-13,15-17H2,1H3. The first kappa shape index (κ1) is 24.4.